The Hall–Kier alpha value is -1.52. The average molecular weight is 246 g/mol. The van der Waals surface area contributed by atoms with Crippen LogP contribution in [0.4, 0.5) is 13.2 Å². The minimum absolute atomic E-state index is 0.00685. The highest BCUT2D eigenvalue weighted by Gasteiger charge is 2.35. The minimum atomic E-state index is -4.34. The zero-order valence-corrected chi connectivity index (χ0v) is 9.51. The average Bonchev–Trinajstić information content (AvgIpc) is 2.15. The summed E-state index contributed by atoms with van der Waals surface area (Å²) in [4.78, 5) is 11.1. The van der Waals surface area contributed by atoms with Crippen molar-refractivity contribution in [3.8, 4) is 0 Å². The van der Waals surface area contributed by atoms with Crippen LogP contribution in [0, 0.1) is 0 Å². The molecule has 0 bridgehead atoms. The molecule has 0 atom stereocenters. The van der Waals surface area contributed by atoms with Crippen LogP contribution >= 0.6 is 0 Å². The summed E-state index contributed by atoms with van der Waals surface area (Å²) in [7, 11) is 0. The van der Waals surface area contributed by atoms with E-state index in [1.165, 1.54) is 32.0 Å². The fourth-order valence-corrected chi connectivity index (χ4v) is 1.62. The number of benzene rings is 1. The van der Waals surface area contributed by atoms with Gasteiger partial charge in [-0.25, -0.2) is 0 Å². The van der Waals surface area contributed by atoms with Crippen LogP contribution in [0.2, 0.25) is 0 Å². The summed E-state index contributed by atoms with van der Waals surface area (Å²) in [6.07, 6.45) is -5.45. The maximum Gasteiger partial charge on any atom is 0.393 e. The first-order valence-electron chi connectivity index (χ1n) is 5.03. The molecule has 94 valence electrons. The molecule has 0 saturated carbocycles. The van der Waals surface area contributed by atoms with Gasteiger partial charge in [0.25, 0.3) is 0 Å². The van der Waals surface area contributed by atoms with Crippen LogP contribution in [0.1, 0.15) is 25.0 Å². The summed E-state index contributed by atoms with van der Waals surface area (Å²) in [6, 6.07) is 5.76. The molecule has 0 spiro atoms. The van der Waals surface area contributed by atoms with E-state index >= 15 is 0 Å². The Labute approximate surface area is 97.1 Å². The molecular formula is C12H13F3O2. The highest BCUT2D eigenvalue weighted by atomic mass is 19.4. The topological polar surface area (TPSA) is 37.3 Å². The van der Waals surface area contributed by atoms with Gasteiger partial charge in [0, 0.05) is 0 Å². The zero-order chi connectivity index (χ0) is 13.3. The number of aliphatic carboxylic acids is 1. The molecule has 0 aliphatic heterocycles. The van der Waals surface area contributed by atoms with Crippen molar-refractivity contribution in [3.63, 3.8) is 0 Å². The van der Waals surface area contributed by atoms with Gasteiger partial charge in [0.2, 0.25) is 0 Å². The number of rotatable bonds is 3. The SMILES string of the molecule is CC(C)(C(=O)O)c1ccccc1CC(F)(F)F. The Bertz CT molecular complexity index is 422. The fourth-order valence-electron chi connectivity index (χ4n) is 1.62. The van der Waals surface area contributed by atoms with E-state index in [-0.39, 0.29) is 11.1 Å². The lowest BCUT2D eigenvalue weighted by Crippen LogP contribution is -2.30. The first-order chi connectivity index (χ1) is 7.64. The third-order valence-electron chi connectivity index (χ3n) is 2.62. The number of carbonyl (C=O) groups is 1. The normalized spacial score (nSPS) is 12.5. The van der Waals surface area contributed by atoms with Crippen molar-refractivity contribution in [2.45, 2.75) is 31.9 Å². The van der Waals surface area contributed by atoms with Crippen molar-refractivity contribution in [2.75, 3.05) is 0 Å². The van der Waals surface area contributed by atoms with Gasteiger partial charge in [-0.1, -0.05) is 24.3 Å². The van der Waals surface area contributed by atoms with Crippen LogP contribution in [0.25, 0.3) is 0 Å². The third kappa shape index (κ3) is 3.22. The molecule has 0 aromatic heterocycles. The summed E-state index contributed by atoms with van der Waals surface area (Å²) in [5, 5.41) is 9.04. The molecule has 1 N–H and O–H groups in total. The number of halogens is 3. The predicted molar refractivity (Wildman–Crippen MR) is 56.9 cm³/mol. The van der Waals surface area contributed by atoms with Crippen molar-refractivity contribution < 1.29 is 23.1 Å². The highest BCUT2D eigenvalue weighted by molar-refractivity contribution is 5.80. The Morgan fingerprint density at radius 2 is 1.76 bits per heavy atom. The summed E-state index contributed by atoms with van der Waals surface area (Å²) < 4.78 is 37.1. The van der Waals surface area contributed by atoms with E-state index in [9.17, 15) is 18.0 Å². The van der Waals surface area contributed by atoms with Crippen LogP contribution in [0.3, 0.4) is 0 Å². The van der Waals surface area contributed by atoms with Gasteiger partial charge in [-0.05, 0) is 25.0 Å². The number of carboxylic acids is 1. The number of alkyl halides is 3. The maximum atomic E-state index is 12.4. The lowest BCUT2D eigenvalue weighted by Gasteiger charge is -2.23. The summed E-state index contributed by atoms with van der Waals surface area (Å²) in [6.45, 7) is 2.79. The lowest BCUT2D eigenvalue weighted by molar-refractivity contribution is -0.143. The number of hydrogen-bond donors (Lipinski definition) is 1. The van der Waals surface area contributed by atoms with E-state index in [4.69, 9.17) is 5.11 Å². The van der Waals surface area contributed by atoms with Crippen LogP contribution in [-0.4, -0.2) is 17.3 Å². The van der Waals surface area contributed by atoms with E-state index in [0.29, 0.717) is 0 Å². The lowest BCUT2D eigenvalue weighted by atomic mass is 9.81. The van der Waals surface area contributed by atoms with Gasteiger partial charge in [-0.15, -0.1) is 0 Å². The number of carboxylic acid groups (broad SMARTS) is 1. The first-order valence-corrected chi connectivity index (χ1v) is 5.03. The Balaban J connectivity index is 3.21. The minimum Gasteiger partial charge on any atom is -0.481 e. The van der Waals surface area contributed by atoms with Gasteiger partial charge < -0.3 is 5.11 Å². The molecule has 1 aromatic carbocycles. The van der Waals surface area contributed by atoms with E-state index < -0.39 is 24.0 Å². The largest absolute Gasteiger partial charge is 0.481 e. The van der Waals surface area contributed by atoms with E-state index in [1.807, 2.05) is 0 Å². The molecule has 17 heavy (non-hydrogen) atoms. The molecule has 1 aromatic rings. The van der Waals surface area contributed by atoms with Gasteiger partial charge in [0.05, 0.1) is 11.8 Å². The Kier molecular flexibility index (Phi) is 3.50. The van der Waals surface area contributed by atoms with Crippen LogP contribution in [0.15, 0.2) is 24.3 Å². The Morgan fingerprint density at radius 3 is 2.24 bits per heavy atom. The molecule has 0 aliphatic rings. The molecule has 0 aliphatic carbocycles. The first kappa shape index (κ1) is 13.5. The molecule has 0 unspecified atom stereocenters. The third-order valence-corrected chi connectivity index (χ3v) is 2.62. The van der Waals surface area contributed by atoms with Crippen molar-refractivity contribution in [1.29, 1.82) is 0 Å². The molecule has 0 amide bonds. The van der Waals surface area contributed by atoms with Gasteiger partial charge in [0.15, 0.2) is 0 Å². The van der Waals surface area contributed by atoms with Crippen molar-refractivity contribution >= 4 is 5.97 Å². The monoisotopic (exact) mass is 246 g/mol. The second-order valence-corrected chi connectivity index (χ2v) is 4.38. The quantitative estimate of drug-likeness (QED) is 0.889. The van der Waals surface area contributed by atoms with Crippen molar-refractivity contribution in [2.24, 2.45) is 0 Å². The molecule has 0 saturated heterocycles. The van der Waals surface area contributed by atoms with E-state index in [2.05, 4.69) is 0 Å². The highest BCUT2D eigenvalue weighted by Crippen LogP contribution is 2.31. The summed E-state index contributed by atoms with van der Waals surface area (Å²) >= 11 is 0. The van der Waals surface area contributed by atoms with Gasteiger partial charge in [-0.2, -0.15) is 13.2 Å². The van der Waals surface area contributed by atoms with Crippen molar-refractivity contribution in [3.05, 3.63) is 35.4 Å². The van der Waals surface area contributed by atoms with Gasteiger partial charge >= 0.3 is 12.1 Å². The van der Waals surface area contributed by atoms with Crippen LogP contribution < -0.4 is 0 Å². The maximum absolute atomic E-state index is 12.4. The summed E-state index contributed by atoms with van der Waals surface area (Å²) in [5.41, 5.74) is -1.13. The van der Waals surface area contributed by atoms with Crippen LogP contribution in [-0.2, 0) is 16.6 Å². The van der Waals surface area contributed by atoms with E-state index in [1.54, 1.807) is 6.07 Å². The number of hydrogen-bond acceptors (Lipinski definition) is 1. The van der Waals surface area contributed by atoms with Crippen LogP contribution in [0.5, 0.6) is 0 Å². The van der Waals surface area contributed by atoms with Gasteiger partial charge in [0.1, 0.15) is 0 Å². The summed E-state index contributed by atoms with van der Waals surface area (Å²) in [5.74, 6) is -1.15. The zero-order valence-electron chi connectivity index (χ0n) is 9.51. The second kappa shape index (κ2) is 4.39. The molecule has 2 nitrogen and oxygen atoms in total. The smallest absolute Gasteiger partial charge is 0.393 e. The molecular weight excluding hydrogens is 233 g/mol. The van der Waals surface area contributed by atoms with Gasteiger partial charge in [-0.3, -0.25) is 4.79 Å². The standard InChI is InChI=1S/C12H13F3O2/c1-11(2,10(16)17)9-6-4-3-5-8(9)7-12(13,14)15/h3-6H,7H2,1-2H3,(H,16,17). The molecule has 0 heterocycles. The molecule has 0 radical (unpaired) electrons. The molecule has 1 rings (SSSR count). The second-order valence-electron chi connectivity index (χ2n) is 4.38. The predicted octanol–water partition coefficient (Wildman–Crippen LogP) is 3.15. The van der Waals surface area contributed by atoms with Crippen molar-refractivity contribution in [1.82, 2.24) is 0 Å². The Morgan fingerprint density at radius 1 is 1.24 bits per heavy atom. The van der Waals surface area contributed by atoms with E-state index in [0.717, 1.165) is 0 Å². The fraction of sp³-hybridized carbons (Fsp3) is 0.417. The molecule has 5 heteroatoms. The molecule has 0 fully saturated rings.